The van der Waals surface area contributed by atoms with Crippen LogP contribution < -0.4 is 5.32 Å². The van der Waals surface area contributed by atoms with E-state index in [1.54, 1.807) is 4.90 Å². The minimum Gasteiger partial charge on any atom is -0.465 e. The molecule has 1 N–H and O–H groups in total. The second-order valence-corrected chi connectivity index (χ2v) is 6.79. The summed E-state index contributed by atoms with van der Waals surface area (Å²) in [6, 6.07) is -0.0841. The van der Waals surface area contributed by atoms with Crippen LogP contribution in [0.5, 0.6) is 0 Å². The van der Waals surface area contributed by atoms with Crippen molar-refractivity contribution >= 4 is 12.1 Å². The van der Waals surface area contributed by atoms with E-state index in [0.717, 1.165) is 12.8 Å². The smallest absolute Gasteiger partial charge is 0.410 e. The molecule has 0 saturated carbocycles. The number of hydrogen-bond acceptors (Lipinski definition) is 5. The largest absolute Gasteiger partial charge is 0.465 e. The Hall–Kier alpha value is -1.30. The van der Waals surface area contributed by atoms with Crippen molar-refractivity contribution in [2.45, 2.75) is 58.2 Å². The third kappa shape index (κ3) is 4.09. The van der Waals surface area contributed by atoms with E-state index in [1.165, 1.54) is 0 Å². The average Bonchev–Trinajstić information content (AvgIpc) is 2.79. The molecule has 0 aromatic heterocycles. The van der Waals surface area contributed by atoms with E-state index in [2.05, 4.69) is 5.32 Å². The van der Waals surface area contributed by atoms with Crippen LogP contribution in [-0.4, -0.2) is 54.3 Å². The number of fused-ring (bicyclic) bond motifs is 1. The van der Waals surface area contributed by atoms with E-state index < -0.39 is 5.60 Å². The molecule has 2 aliphatic heterocycles. The van der Waals surface area contributed by atoms with Crippen LogP contribution in [-0.2, 0) is 14.3 Å². The molecule has 0 aromatic carbocycles. The first-order chi connectivity index (χ1) is 9.80. The standard InChI is InChI=1S/C15H26N2O4/c1-5-20-13(18)11-8-10-6-7-17(9-12(10)16-11)14(19)21-15(2,3)4/h10-12,16H,5-9H2,1-4H3. The molecule has 6 heteroatoms. The number of carbonyl (C=O) groups excluding carboxylic acids is 2. The summed E-state index contributed by atoms with van der Waals surface area (Å²) < 4.78 is 10.5. The van der Waals surface area contributed by atoms with Crippen molar-refractivity contribution in [3.63, 3.8) is 0 Å². The summed E-state index contributed by atoms with van der Waals surface area (Å²) in [6.45, 7) is 9.08. The summed E-state index contributed by atoms with van der Waals surface area (Å²) in [5.41, 5.74) is -0.482. The van der Waals surface area contributed by atoms with Gasteiger partial charge in [-0.15, -0.1) is 0 Å². The molecular weight excluding hydrogens is 272 g/mol. The number of rotatable bonds is 2. The summed E-state index contributed by atoms with van der Waals surface area (Å²) in [7, 11) is 0. The highest BCUT2D eigenvalue weighted by Gasteiger charge is 2.42. The summed E-state index contributed by atoms with van der Waals surface area (Å²) in [5, 5.41) is 3.30. The number of likely N-dealkylation sites (tertiary alicyclic amines) is 1. The van der Waals surface area contributed by atoms with Crippen LogP contribution in [0.2, 0.25) is 0 Å². The van der Waals surface area contributed by atoms with E-state index in [-0.39, 0.29) is 24.1 Å². The molecule has 6 nitrogen and oxygen atoms in total. The van der Waals surface area contributed by atoms with Gasteiger partial charge in [0.15, 0.2) is 0 Å². The third-order valence-electron chi connectivity index (χ3n) is 3.93. The first-order valence-electron chi connectivity index (χ1n) is 7.70. The van der Waals surface area contributed by atoms with Crippen molar-refractivity contribution in [1.29, 1.82) is 0 Å². The van der Waals surface area contributed by atoms with E-state index >= 15 is 0 Å². The Morgan fingerprint density at radius 3 is 2.67 bits per heavy atom. The highest BCUT2D eigenvalue weighted by molar-refractivity contribution is 5.76. The van der Waals surface area contributed by atoms with Crippen molar-refractivity contribution in [3.8, 4) is 0 Å². The maximum atomic E-state index is 12.1. The third-order valence-corrected chi connectivity index (χ3v) is 3.93. The fourth-order valence-corrected chi connectivity index (χ4v) is 3.00. The molecule has 2 rings (SSSR count). The fourth-order valence-electron chi connectivity index (χ4n) is 3.00. The Morgan fingerprint density at radius 2 is 2.05 bits per heavy atom. The van der Waals surface area contributed by atoms with Gasteiger partial charge in [0, 0.05) is 19.1 Å². The molecule has 120 valence electrons. The molecule has 0 aliphatic carbocycles. The van der Waals surface area contributed by atoms with Gasteiger partial charge in [-0.25, -0.2) is 4.79 Å². The summed E-state index contributed by atoms with van der Waals surface area (Å²) in [4.78, 5) is 25.6. The Labute approximate surface area is 126 Å². The first kappa shape index (κ1) is 16.1. The normalized spacial score (nSPS) is 29.0. The molecule has 0 aromatic rings. The van der Waals surface area contributed by atoms with E-state index in [9.17, 15) is 9.59 Å². The Bertz CT molecular complexity index is 405. The van der Waals surface area contributed by atoms with E-state index in [4.69, 9.17) is 9.47 Å². The topological polar surface area (TPSA) is 67.9 Å². The van der Waals surface area contributed by atoms with Gasteiger partial charge < -0.3 is 14.4 Å². The number of nitrogens with one attached hydrogen (secondary N) is 1. The zero-order chi connectivity index (χ0) is 15.6. The van der Waals surface area contributed by atoms with Gasteiger partial charge in [0.25, 0.3) is 0 Å². The van der Waals surface area contributed by atoms with Crippen LogP contribution in [0.1, 0.15) is 40.5 Å². The fraction of sp³-hybridized carbons (Fsp3) is 0.867. The molecule has 0 spiro atoms. The lowest BCUT2D eigenvalue weighted by Crippen LogP contribution is -2.51. The van der Waals surface area contributed by atoms with Gasteiger partial charge in [-0.05, 0) is 46.5 Å². The molecule has 0 bridgehead atoms. The van der Waals surface area contributed by atoms with Crippen LogP contribution in [0.4, 0.5) is 4.79 Å². The lowest BCUT2D eigenvalue weighted by Gasteiger charge is -2.35. The molecule has 2 saturated heterocycles. The lowest BCUT2D eigenvalue weighted by molar-refractivity contribution is -0.145. The summed E-state index contributed by atoms with van der Waals surface area (Å²) in [5.74, 6) is 0.244. The molecule has 2 heterocycles. The van der Waals surface area contributed by atoms with Crippen LogP contribution in [0.25, 0.3) is 0 Å². The first-order valence-corrected chi connectivity index (χ1v) is 7.70. The van der Waals surface area contributed by atoms with Crippen LogP contribution in [0, 0.1) is 5.92 Å². The maximum Gasteiger partial charge on any atom is 0.410 e. The number of nitrogens with zero attached hydrogens (tertiary/aromatic N) is 1. The lowest BCUT2D eigenvalue weighted by atomic mass is 9.91. The summed E-state index contributed by atoms with van der Waals surface area (Å²) >= 11 is 0. The van der Waals surface area contributed by atoms with Gasteiger partial charge in [-0.2, -0.15) is 0 Å². The molecule has 2 aliphatic rings. The Balaban J connectivity index is 1.89. The minimum atomic E-state index is -0.482. The second-order valence-electron chi connectivity index (χ2n) is 6.79. The highest BCUT2D eigenvalue weighted by Crippen LogP contribution is 2.29. The number of carbonyl (C=O) groups is 2. The van der Waals surface area contributed by atoms with Crippen LogP contribution in [0.3, 0.4) is 0 Å². The predicted molar refractivity (Wildman–Crippen MR) is 77.9 cm³/mol. The maximum absolute atomic E-state index is 12.1. The monoisotopic (exact) mass is 298 g/mol. The zero-order valence-electron chi connectivity index (χ0n) is 13.3. The molecule has 3 unspecified atom stereocenters. The van der Waals surface area contributed by atoms with Gasteiger partial charge in [0.2, 0.25) is 0 Å². The Morgan fingerprint density at radius 1 is 1.33 bits per heavy atom. The number of piperidine rings is 1. The molecule has 2 fully saturated rings. The van der Waals surface area contributed by atoms with E-state index in [1.807, 2.05) is 27.7 Å². The van der Waals surface area contributed by atoms with Gasteiger partial charge in [-0.1, -0.05) is 0 Å². The van der Waals surface area contributed by atoms with E-state index in [0.29, 0.717) is 25.6 Å². The van der Waals surface area contributed by atoms with Gasteiger partial charge in [0.05, 0.1) is 6.61 Å². The zero-order valence-corrected chi connectivity index (χ0v) is 13.3. The number of hydrogen-bond donors (Lipinski definition) is 1. The predicted octanol–water partition coefficient (Wildman–Crippen LogP) is 1.54. The molecular formula is C15H26N2O4. The van der Waals surface area contributed by atoms with Crippen LogP contribution >= 0.6 is 0 Å². The number of esters is 1. The Kier molecular flexibility index (Phi) is 4.76. The molecule has 0 radical (unpaired) electrons. The summed E-state index contributed by atoms with van der Waals surface area (Å²) in [6.07, 6.45) is 1.42. The average molecular weight is 298 g/mol. The van der Waals surface area contributed by atoms with Gasteiger partial charge in [-0.3, -0.25) is 10.1 Å². The number of ether oxygens (including phenoxy) is 2. The molecule has 1 amide bonds. The van der Waals surface area contributed by atoms with Crippen LogP contribution in [0.15, 0.2) is 0 Å². The minimum absolute atomic E-state index is 0.153. The SMILES string of the molecule is CCOC(=O)C1CC2CCN(C(=O)OC(C)(C)C)CC2N1. The number of amides is 1. The van der Waals surface area contributed by atoms with Crippen molar-refractivity contribution in [3.05, 3.63) is 0 Å². The van der Waals surface area contributed by atoms with Crippen molar-refractivity contribution < 1.29 is 19.1 Å². The quantitative estimate of drug-likeness (QED) is 0.783. The van der Waals surface area contributed by atoms with Crippen molar-refractivity contribution in [2.24, 2.45) is 5.92 Å². The van der Waals surface area contributed by atoms with Crippen molar-refractivity contribution in [2.75, 3.05) is 19.7 Å². The van der Waals surface area contributed by atoms with Crippen molar-refractivity contribution in [1.82, 2.24) is 10.2 Å². The highest BCUT2D eigenvalue weighted by atomic mass is 16.6. The molecule has 3 atom stereocenters. The molecule has 21 heavy (non-hydrogen) atoms. The second kappa shape index (κ2) is 6.22. The van der Waals surface area contributed by atoms with Gasteiger partial charge in [0.1, 0.15) is 11.6 Å². The van der Waals surface area contributed by atoms with Gasteiger partial charge >= 0.3 is 12.1 Å².